The second-order valence-electron chi connectivity index (χ2n) is 3.07. The number of fused-ring (bicyclic) bond motifs is 1. The minimum absolute atomic E-state index is 0.0565. The van der Waals surface area contributed by atoms with Gasteiger partial charge in [-0.25, -0.2) is 14.4 Å². The number of carbonyl (C=O) groups is 1. The van der Waals surface area contributed by atoms with Gasteiger partial charge in [0.05, 0.1) is 0 Å². The highest BCUT2D eigenvalue weighted by atomic mass is 16.7. The van der Waals surface area contributed by atoms with E-state index < -0.39 is 17.4 Å². The predicted molar refractivity (Wildman–Crippen MR) is 50.8 cm³/mol. The minimum atomic E-state index is -1.09. The fourth-order valence-electron chi connectivity index (χ4n) is 1.24. The number of rotatable bonds is 1. The summed E-state index contributed by atoms with van der Waals surface area (Å²) in [6.45, 7) is 1.12. The Morgan fingerprint density at radius 1 is 1.50 bits per heavy atom. The topological polar surface area (TPSA) is 96.3 Å². The number of hydrogen-bond donors (Lipinski definition) is 0. The zero-order chi connectivity index (χ0) is 11.9. The van der Waals surface area contributed by atoms with E-state index in [9.17, 15) is 14.4 Å². The molecule has 2 aromatic rings. The van der Waals surface area contributed by atoms with Crippen LogP contribution in [0.5, 0.6) is 0 Å². The van der Waals surface area contributed by atoms with Gasteiger partial charge in [-0.15, -0.1) is 0 Å². The predicted octanol–water partition coefficient (Wildman–Crippen LogP) is -1.34. The molecule has 8 heteroatoms. The lowest BCUT2D eigenvalue weighted by Crippen LogP contribution is -2.32. The third kappa shape index (κ3) is 1.49. The molecule has 0 amide bonds. The van der Waals surface area contributed by atoms with Gasteiger partial charge in [-0.3, -0.25) is 4.68 Å². The maximum Gasteiger partial charge on any atom is 0.457 e. The summed E-state index contributed by atoms with van der Waals surface area (Å²) in [7, 11) is 1.56. The molecule has 2 rings (SSSR count). The van der Waals surface area contributed by atoms with Crippen molar-refractivity contribution in [3.05, 3.63) is 27.2 Å². The third-order valence-corrected chi connectivity index (χ3v) is 1.79. The van der Waals surface area contributed by atoms with E-state index in [1.54, 1.807) is 7.05 Å². The van der Waals surface area contributed by atoms with Crippen molar-refractivity contribution in [3.8, 4) is 0 Å². The molecule has 0 fully saturated rings. The molecular weight excluding hydrogens is 218 g/mol. The Balaban J connectivity index is 2.86. The van der Waals surface area contributed by atoms with Crippen molar-refractivity contribution >= 4 is 17.0 Å². The molecule has 2 heterocycles. The Labute approximate surface area is 87.6 Å². The standard InChI is InChI=1S/C8H7N3O5/c1-4(12)16-11-6-5(3-10(2)9-6)7(13)15-8(11)14/h3H,1-2H3. The van der Waals surface area contributed by atoms with E-state index >= 15 is 0 Å². The zero-order valence-corrected chi connectivity index (χ0v) is 8.46. The molecule has 0 saturated carbocycles. The summed E-state index contributed by atoms with van der Waals surface area (Å²) >= 11 is 0. The van der Waals surface area contributed by atoms with E-state index in [-0.39, 0.29) is 11.0 Å². The summed E-state index contributed by atoms with van der Waals surface area (Å²) in [5.41, 5.74) is -0.879. The van der Waals surface area contributed by atoms with E-state index in [0.717, 1.165) is 6.92 Å². The normalized spacial score (nSPS) is 10.6. The molecule has 0 atom stereocenters. The van der Waals surface area contributed by atoms with Crippen LogP contribution in [-0.4, -0.2) is 20.5 Å². The molecule has 0 unspecified atom stereocenters. The highest BCUT2D eigenvalue weighted by molar-refractivity contribution is 5.73. The molecular formula is C8H7N3O5. The molecule has 0 aliphatic heterocycles. The van der Waals surface area contributed by atoms with E-state index in [1.165, 1.54) is 10.9 Å². The average Bonchev–Trinajstić information content (AvgIpc) is 2.54. The minimum Gasteiger partial charge on any atom is -0.370 e. The largest absolute Gasteiger partial charge is 0.457 e. The first kappa shape index (κ1) is 10.1. The average molecular weight is 225 g/mol. The Kier molecular flexibility index (Phi) is 2.11. The van der Waals surface area contributed by atoms with Crippen LogP contribution in [0.3, 0.4) is 0 Å². The Morgan fingerprint density at radius 3 is 2.81 bits per heavy atom. The van der Waals surface area contributed by atoms with E-state index in [2.05, 4.69) is 14.4 Å². The Hall–Kier alpha value is -2.38. The quantitative estimate of drug-likeness (QED) is 0.596. The number of aromatic nitrogens is 3. The lowest BCUT2D eigenvalue weighted by atomic mass is 10.4. The van der Waals surface area contributed by atoms with Crippen LogP contribution in [0.1, 0.15) is 6.92 Å². The third-order valence-electron chi connectivity index (χ3n) is 1.79. The van der Waals surface area contributed by atoms with Crippen molar-refractivity contribution < 1.29 is 14.0 Å². The lowest BCUT2D eigenvalue weighted by molar-refractivity contribution is -0.142. The van der Waals surface area contributed by atoms with E-state index in [0.29, 0.717) is 4.73 Å². The van der Waals surface area contributed by atoms with Crippen LogP contribution in [0.4, 0.5) is 0 Å². The lowest BCUT2D eigenvalue weighted by Gasteiger charge is -2.01. The Bertz CT molecular complexity index is 677. The fraction of sp³-hybridized carbons (Fsp3) is 0.250. The maximum absolute atomic E-state index is 11.3. The molecule has 0 spiro atoms. The van der Waals surface area contributed by atoms with E-state index in [1.807, 2.05) is 0 Å². The second kappa shape index (κ2) is 3.33. The molecule has 84 valence electrons. The highest BCUT2D eigenvalue weighted by Crippen LogP contribution is 2.02. The second-order valence-corrected chi connectivity index (χ2v) is 3.07. The van der Waals surface area contributed by atoms with Gasteiger partial charge >= 0.3 is 17.4 Å². The van der Waals surface area contributed by atoms with Gasteiger partial charge in [0.1, 0.15) is 5.39 Å². The SMILES string of the molecule is CC(=O)On1c(=O)oc(=O)c2cn(C)nc21. The van der Waals surface area contributed by atoms with Gasteiger partial charge in [-0.05, 0) is 0 Å². The van der Waals surface area contributed by atoms with Crippen molar-refractivity contribution in [2.24, 2.45) is 7.05 Å². The van der Waals surface area contributed by atoms with Crippen LogP contribution in [-0.2, 0) is 11.8 Å². The number of carbonyl (C=O) groups excluding carboxylic acids is 1. The van der Waals surface area contributed by atoms with Gasteiger partial charge < -0.3 is 9.25 Å². The molecule has 8 nitrogen and oxygen atoms in total. The van der Waals surface area contributed by atoms with Crippen LogP contribution >= 0.6 is 0 Å². The molecule has 0 radical (unpaired) electrons. The van der Waals surface area contributed by atoms with Crippen LogP contribution in [0.25, 0.3) is 11.0 Å². The molecule has 0 aliphatic rings. The van der Waals surface area contributed by atoms with Crippen molar-refractivity contribution in [3.63, 3.8) is 0 Å². The highest BCUT2D eigenvalue weighted by Gasteiger charge is 2.15. The van der Waals surface area contributed by atoms with Crippen LogP contribution in [0.15, 0.2) is 20.2 Å². The van der Waals surface area contributed by atoms with Crippen LogP contribution in [0.2, 0.25) is 0 Å². The van der Waals surface area contributed by atoms with Gasteiger partial charge in [-0.2, -0.15) is 5.10 Å². The first-order chi connectivity index (χ1) is 7.49. The number of hydrogen-bond acceptors (Lipinski definition) is 6. The summed E-state index contributed by atoms with van der Waals surface area (Å²) < 4.78 is 6.20. The maximum atomic E-state index is 11.3. The van der Waals surface area contributed by atoms with Gasteiger partial charge in [0.25, 0.3) is 0 Å². The molecule has 2 aromatic heterocycles. The van der Waals surface area contributed by atoms with Gasteiger partial charge in [0.15, 0.2) is 0 Å². The molecule has 0 aromatic carbocycles. The van der Waals surface area contributed by atoms with Crippen molar-refractivity contribution in [2.75, 3.05) is 0 Å². The first-order valence-electron chi connectivity index (χ1n) is 4.27. The molecule has 0 saturated heterocycles. The molecule has 16 heavy (non-hydrogen) atoms. The van der Waals surface area contributed by atoms with Gasteiger partial charge in [-0.1, -0.05) is 4.73 Å². The monoisotopic (exact) mass is 225 g/mol. The molecule has 0 aliphatic carbocycles. The summed E-state index contributed by atoms with van der Waals surface area (Å²) in [6, 6.07) is 0. The Morgan fingerprint density at radius 2 is 2.19 bits per heavy atom. The van der Waals surface area contributed by atoms with Crippen molar-refractivity contribution in [1.82, 2.24) is 14.5 Å². The fourth-order valence-corrected chi connectivity index (χ4v) is 1.24. The number of nitrogens with zero attached hydrogens (tertiary/aromatic N) is 3. The number of aryl methyl sites for hydroxylation is 1. The van der Waals surface area contributed by atoms with Crippen molar-refractivity contribution in [2.45, 2.75) is 6.92 Å². The first-order valence-corrected chi connectivity index (χ1v) is 4.27. The van der Waals surface area contributed by atoms with Crippen molar-refractivity contribution in [1.29, 1.82) is 0 Å². The summed E-state index contributed by atoms with van der Waals surface area (Å²) in [6.07, 6.45) is 1.36. The van der Waals surface area contributed by atoms with Crippen LogP contribution in [0, 0.1) is 0 Å². The molecule has 0 N–H and O–H groups in total. The van der Waals surface area contributed by atoms with Gasteiger partial charge in [0, 0.05) is 20.2 Å². The summed E-state index contributed by atoms with van der Waals surface area (Å²) in [5, 5.41) is 3.89. The summed E-state index contributed by atoms with van der Waals surface area (Å²) in [4.78, 5) is 37.9. The zero-order valence-electron chi connectivity index (χ0n) is 8.46. The van der Waals surface area contributed by atoms with Gasteiger partial charge in [0.2, 0.25) is 5.65 Å². The summed E-state index contributed by atoms with van der Waals surface area (Å²) in [5.74, 6) is -1.81. The van der Waals surface area contributed by atoms with Crippen LogP contribution < -0.4 is 16.2 Å². The smallest absolute Gasteiger partial charge is 0.370 e. The van der Waals surface area contributed by atoms with E-state index in [4.69, 9.17) is 0 Å². The molecule has 0 bridgehead atoms.